The SMILES string of the molecule is CCC1CCCCN1C(=O)CN(C(C)=O)c1cccc(C(C)=O)c1. The van der Waals surface area contributed by atoms with Crippen molar-refractivity contribution in [2.24, 2.45) is 0 Å². The highest BCUT2D eigenvalue weighted by atomic mass is 16.2. The molecule has 1 saturated heterocycles. The number of carbonyl (C=O) groups excluding carboxylic acids is 3. The van der Waals surface area contributed by atoms with Crippen LogP contribution < -0.4 is 4.90 Å². The van der Waals surface area contributed by atoms with Gasteiger partial charge in [-0.25, -0.2) is 0 Å². The number of Topliss-reactive ketones (excluding diaryl/α,β-unsaturated/α-hetero) is 1. The summed E-state index contributed by atoms with van der Waals surface area (Å²) in [5, 5.41) is 0. The van der Waals surface area contributed by atoms with Crippen molar-refractivity contribution >= 4 is 23.3 Å². The molecule has 1 atom stereocenters. The fraction of sp³-hybridized carbons (Fsp3) is 0.526. The Labute approximate surface area is 143 Å². The maximum Gasteiger partial charge on any atom is 0.242 e. The molecule has 1 aromatic carbocycles. The number of anilines is 1. The zero-order valence-electron chi connectivity index (χ0n) is 14.7. The van der Waals surface area contributed by atoms with E-state index in [9.17, 15) is 14.4 Å². The Morgan fingerprint density at radius 2 is 1.96 bits per heavy atom. The molecule has 0 spiro atoms. The minimum absolute atomic E-state index is 0.0210. The number of carbonyl (C=O) groups is 3. The third-order valence-corrected chi connectivity index (χ3v) is 4.66. The van der Waals surface area contributed by atoms with E-state index >= 15 is 0 Å². The number of nitrogens with zero attached hydrogens (tertiary/aromatic N) is 2. The first-order valence-corrected chi connectivity index (χ1v) is 8.62. The summed E-state index contributed by atoms with van der Waals surface area (Å²) in [7, 11) is 0. The topological polar surface area (TPSA) is 57.7 Å². The van der Waals surface area contributed by atoms with Gasteiger partial charge >= 0.3 is 0 Å². The Morgan fingerprint density at radius 3 is 2.58 bits per heavy atom. The van der Waals surface area contributed by atoms with Crippen LogP contribution in [0.5, 0.6) is 0 Å². The lowest BCUT2D eigenvalue weighted by atomic mass is 10.00. The van der Waals surface area contributed by atoms with Gasteiger partial charge in [-0.1, -0.05) is 19.1 Å². The van der Waals surface area contributed by atoms with Gasteiger partial charge in [-0.15, -0.1) is 0 Å². The minimum Gasteiger partial charge on any atom is -0.338 e. The van der Waals surface area contributed by atoms with Crippen molar-refractivity contribution in [3.8, 4) is 0 Å². The van der Waals surface area contributed by atoms with E-state index in [1.165, 1.54) is 18.7 Å². The van der Waals surface area contributed by atoms with E-state index in [-0.39, 0.29) is 30.2 Å². The average Bonchev–Trinajstić information content (AvgIpc) is 2.59. The van der Waals surface area contributed by atoms with Crippen molar-refractivity contribution in [3.05, 3.63) is 29.8 Å². The predicted molar refractivity (Wildman–Crippen MR) is 94.1 cm³/mol. The first kappa shape index (κ1) is 18.2. The first-order valence-electron chi connectivity index (χ1n) is 8.62. The van der Waals surface area contributed by atoms with Gasteiger partial charge in [-0.05, 0) is 44.7 Å². The molecule has 0 N–H and O–H groups in total. The molecule has 0 radical (unpaired) electrons. The highest BCUT2D eigenvalue weighted by Crippen LogP contribution is 2.22. The number of ketones is 1. The highest BCUT2D eigenvalue weighted by molar-refractivity contribution is 6.00. The van der Waals surface area contributed by atoms with Gasteiger partial charge in [0.05, 0.1) is 0 Å². The molecule has 5 nitrogen and oxygen atoms in total. The van der Waals surface area contributed by atoms with E-state index in [1.54, 1.807) is 24.3 Å². The summed E-state index contributed by atoms with van der Waals surface area (Å²) < 4.78 is 0. The summed E-state index contributed by atoms with van der Waals surface area (Å²) in [5.41, 5.74) is 1.13. The maximum atomic E-state index is 12.7. The van der Waals surface area contributed by atoms with Crippen molar-refractivity contribution < 1.29 is 14.4 Å². The van der Waals surface area contributed by atoms with Crippen LogP contribution in [0.25, 0.3) is 0 Å². The summed E-state index contributed by atoms with van der Waals surface area (Å²) in [6, 6.07) is 7.15. The largest absolute Gasteiger partial charge is 0.338 e. The quantitative estimate of drug-likeness (QED) is 0.780. The molecule has 1 aromatic rings. The Bertz CT molecular complexity index is 627. The minimum atomic E-state index is -0.200. The number of piperidine rings is 1. The standard InChI is InChI=1S/C19H26N2O3/c1-4-17-9-5-6-11-20(17)19(24)13-21(15(3)23)18-10-7-8-16(12-18)14(2)22/h7-8,10,12,17H,4-6,9,11,13H2,1-3H3. The molecule has 0 aliphatic carbocycles. The normalized spacial score (nSPS) is 17.5. The van der Waals surface area contributed by atoms with E-state index in [4.69, 9.17) is 0 Å². The van der Waals surface area contributed by atoms with Crippen LogP contribution in [-0.2, 0) is 9.59 Å². The van der Waals surface area contributed by atoms with E-state index in [0.29, 0.717) is 11.3 Å². The van der Waals surface area contributed by atoms with Gasteiger partial charge in [0.15, 0.2) is 5.78 Å². The van der Waals surface area contributed by atoms with Crippen LogP contribution in [0.1, 0.15) is 56.8 Å². The van der Waals surface area contributed by atoms with Crippen molar-refractivity contribution in [1.82, 2.24) is 4.90 Å². The number of likely N-dealkylation sites (tertiary alicyclic amines) is 1. The second-order valence-corrected chi connectivity index (χ2v) is 6.36. The molecule has 0 bridgehead atoms. The Hall–Kier alpha value is -2.17. The molecule has 2 rings (SSSR count). The lowest BCUT2D eigenvalue weighted by molar-refractivity contribution is -0.134. The van der Waals surface area contributed by atoms with Gasteiger partial charge in [0.2, 0.25) is 11.8 Å². The second kappa shape index (κ2) is 8.08. The van der Waals surface area contributed by atoms with Gasteiger partial charge in [0.25, 0.3) is 0 Å². The Kier molecular flexibility index (Phi) is 6.12. The Balaban J connectivity index is 2.19. The molecule has 1 aliphatic heterocycles. The van der Waals surface area contributed by atoms with Crippen LogP contribution in [0.4, 0.5) is 5.69 Å². The number of hydrogen-bond donors (Lipinski definition) is 0. The van der Waals surface area contributed by atoms with Gasteiger partial charge in [0.1, 0.15) is 6.54 Å². The number of hydrogen-bond acceptors (Lipinski definition) is 3. The van der Waals surface area contributed by atoms with E-state index in [1.807, 2.05) is 4.90 Å². The molecule has 0 saturated carbocycles. The monoisotopic (exact) mass is 330 g/mol. The highest BCUT2D eigenvalue weighted by Gasteiger charge is 2.27. The molecule has 2 amide bonds. The maximum absolute atomic E-state index is 12.7. The summed E-state index contributed by atoms with van der Waals surface area (Å²) >= 11 is 0. The van der Waals surface area contributed by atoms with Crippen LogP contribution >= 0.6 is 0 Å². The zero-order chi connectivity index (χ0) is 17.7. The summed E-state index contributed by atoms with van der Waals surface area (Å²) in [6.07, 6.45) is 4.13. The van der Waals surface area contributed by atoms with E-state index in [2.05, 4.69) is 6.92 Å². The molecule has 1 fully saturated rings. The summed E-state index contributed by atoms with van der Waals surface area (Å²) in [6.45, 7) is 5.81. The van der Waals surface area contributed by atoms with Crippen LogP contribution in [0, 0.1) is 0 Å². The van der Waals surface area contributed by atoms with Gasteiger partial charge < -0.3 is 9.80 Å². The fourth-order valence-corrected chi connectivity index (χ4v) is 3.26. The van der Waals surface area contributed by atoms with Crippen molar-refractivity contribution in [1.29, 1.82) is 0 Å². The van der Waals surface area contributed by atoms with Crippen LogP contribution in [-0.4, -0.2) is 41.6 Å². The zero-order valence-corrected chi connectivity index (χ0v) is 14.7. The number of benzene rings is 1. The van der Waals surface area contributed by atoms with Crippen LogP contribution in [0.15, 0.2) is 24.3 Å². The van der Waals surface area contributed by atoms with Gasteiger partial charge in [-0.2, -0.15) is 0 Å². The average molecular weight is 330 g/mol. The summed E-state index contributed by atoms with van der Waals surface area (Å²) in [5.74, 6) is -0.284. The fourth-order valence-electron chi connectivity index (χ4n) is 3.26. The van der Waals surface area contributed by atoms with Gasteiger partial charge in [-0.3, -0.25) is 14.4 Å². The van der Waals surface area contributed by atoms with Crippen molar-refractivity contribution in [3.63, 3.8) is 0 Å². The number of rotatable bonds is 5. The van der Waals surface area contributed by atoms with Crippen molar-refractivity contribution in [2.45, 2.75) is 52.5 Å². The van der Waals surface area contributed by atoms with Crippen molar-refractivity contribution in [2.75, 3.05) is 18.0 Å². The lowest BCUT2D eigenvalue weighted by Crippen LogP contribution is -2.48. The molecule has 1 heterocycles. The smallest absolute Gasteiger partial charge is 0.242 e. The molecule has 1 aliphatic rings. The summed E-state index contributed by atoms with van der Waals surface area (Å²) in [4.78, 5) is 39.7. The molecule has 5 heteroatoms. The van der Waals surface area contributed by atoms with Gasteiger partial charge in [0, 0.05) is 30.8 Å². The molecule has 130 valence electrons. The first-order chi connectivity index (χ1) is 11.4. The molecule has 0 aromatic heterocycles. The molecular weight excluding hydrogens is 304 g/mol. The molecule has 24 heavy (non-hydrogen) atoms. The molecule has 1 unspecified atom stereocenters. The van der Waals surface area contributed by atoms with E-state index < -0.39 is 0 Å². The van der Waals surface area contributed by atoms with E-state index in [0.717, 1.165) is 32.2 Å². The van der Waals surface area contributed by atoms with Crippen LogP contribution in [0.2, 0.25) is 0 Å². The predicted octanol–water partition coefficient (Wildman–Crippen LogP) is 3.03. The van der Waals surface area contributed by atoms with Crippen LogP contribution in [0.3, 0.4) is 0 Å². The number of amides is 2. The third-order valence-electron chi connectivity index (χ3n) is 4.66. The second-order valence-electron chi connectivity index (χ2n) is 6.36. The third kappa shape index (κ3) is 4.22. The lowest BCUT2D eigenvalue weighted by Gasteiger charge is -2.36. The molecular formula is C19H26N2O3. The Morgan fingerprint density at radius 1 is 1.21 bits per heavy atom.